The minimum absolute atomic E-state index is 0.318. The lowest BCUT2D eigenvalue weighted by atomic mass is 10.1. The number of aryl methyl sites for hydroxylation is 1. The van der Waals surface area contributed by atoms with Crippen LogP contribution in [0.15, 0.2) is 48.8 Å². The second-order valence-electron chi connectivity index (χ2n) is 7.25. The van der Waals surface area contributed by atoms with E-state index in [-0.39, 0.29) is 0 Å². The second kappa shape index (κ2) is 7.08. The van der Waals surface area contributed by atoms with Gasteiger partial charge in [-0.2, -0.15) is 0 Å². The smallest absolute Gasteiger partial charge is 0.163 e. The van der Waals surface area contributed by atoms with Crippen molar-refractivity contribution in [3.63, 3.8) is 0 Å². The monoisotopic (exact) mass is 357 g/mol. The SMILES string of the molecule is c1cncc(-c2nc3c(c(NC4CCc5ccccc54)n2)CCNCC3)c1. The zero-order valence-corrected chi connectivity index (χ0v) is 15.3. The zero-order chi connectivity index (χ0) is 18.1. The van der Waals surface area contributed by atoms with E-state index in [0.29, 0.717) is 6.04 Å². The van der Waals surface area contributed by atoms with Gasteiger partial charge in [-0.05, 0) is 49.1 Å². The molecule has 1 unspecified atom stereocenters. The van der Waals surface area contributed by atoms with Crippen LogP contribution in [0.25, 0.3) is 11.4 Å². The van der Waals surface area contributed by atoms with Gasteiger partial charge in [0.1, 0.15) is 5.82 Å². The van der Waals surface area contributed by atoms with E-state index in [1.165, 1.54) is 16.7 Å². The lowest BCUT2D eigenvalue weighted by Crippen LogP contribution is -2.16. The summed E-state index contributed by atoms with van der Waals surface area (Å²) in [4.78, 5) is 14.1. The summed E-state index contributed by atoms with van der Waals surface area (Å²) in [6.45, 7) is 1.93. The van der Waals surface area contributed by atoms with E-state index >= 15 is 0 Å². The number of nitrogens with one attached hydrogen (secondary N) is 2. The Balaban J connectivity index is 1.56. The van der Waals surface area contributed by atoms with Crippen LogP contribution in [0, 0.1) is 0 Å². The molecular formula is C22H23N5. The Hall–Kier alpha value is -2.79. The number of anilines is 1. The first-order valence-corrected chi connectivity index (χ1v) is 9.74. The minimum Gasteiger partial charge on any atom is -0.363 e. The second-order valence-corrected chi connectivity index (χ2v) is 7.25. The Labute approximate surface area is 159 Å². The lowest BCUT2D eigenvalue weighted by molar-refractivity contribution is 0.708. The Morgan fingerprint density at radius 1 is 0.963 bits per heavy atom. The lowest BCUT2D eigenvalue weighted by Gasteiger charge is -2.19. The number of rotatable bonds is 3. The molecule has 0 radical (unpaired) electrons. The van der Waals surface area contributed by atoms with Gasteiger partial charge in [-0.15, -0.1) is 0 Å². The molecule has 2 N–H and O–H groups in total. The van der Waals surface area contributed by atoms with Gasteiger partial charge in [0.25, 0.3) is 0 Å². The number of benzene rings is 1. The topological polar surface area (TPSA) is 62.7 Å². The zero-order valence-electron chi connectivity index (χ0n) is 15.3. The Kier molecular flexibility index (Phi) is 4.30. The quantitative estimate of drug-likeness (QED) is 0.753. The molecule has 5 nitrogen and oxygen atoms in total. The van der Waals surface area contributed by atoms with Crippen molar-refractivity contribution < 1.29 is 0 Å². The highest BCUT2D eigenvalue weighted by Crippen LogP contribution is 2.35. The molecule has 2 aromatic heterocycles. The van der Waals surface area contributed by atoms with Crippen molar-refractivity contribution in [3.05, 3.63) is 71.2 Å². The molecule has 5 heteroatoms. The predicted molar refractivity (Wildman–Crippen MR) is 107 cm³/mol. The van der Waals surface area contributed by atoms with Gasteiger partial charge in [-0.3, -0.25) is 4.98 Å². The van der Waals surface area contributed by atoms with Gasteiger partial charge in [-0.25, -0.2) is 9.97 Å². The standard InChI is InChI=1S/C22H23N5/c1-2-6-17-15(4-1)7-8-19(17)26-22-18-9-12-23-13-10-20(18)25-21(27-22)16-5-3-11-24-14-16/h1-6,11,14,19,23H,7-10,12-13H2,(H,25,26,27). The fraction of sp³-hybridized carbons (Fsp3) is 0.318. The maximum atomic E-state index is 4.94. The van der Waals surface area contributed by atoms with Gasteiger partial charge in [0, 0.05) is 36.5 Å². The summed E-state index contributed by atoms with van der Waals surface area (Å²) in [5.74, 6) is 1.75. The van der Waals surface area contributed by atoms with Gasteiger partial charge in [0.15, 0.2) is 5.82 Å². The highest BCUT2D eigenvalue weighted by atomic mass is 15.1. The largest absolute Gasteiger partial charge is 0.363 e. The van der Waals surface area contributed by atoms with Crippen LogP contribution in [0.3, 0.4) is 0 Å². The van der Waals surface area contributed by atoms with Gasteiger partial charge < -0.3 is 10.6 Å². The van der Waals surface area contributed by atoms with E-state index in [9.17, 15) is 0 Å². The molecule has 3 heterocycles. The number of nitrogens with zero attached hydrogens (tertiary/aromatic N) is 3. The average molecular weight is 357 g/mol. The Bertz CT molecular complexity index is 954. The third-order valence-corrected chi connectivity index (χ3v) is 5.55. The molecule has 0 fully saturated rings. The first-order chi connectivity index (χ1) is 13.4. The van der Waals surface area contributed by atoms with Gasteiger partial charge in [0.05, 0.1) is 11.7 Å². The van der Waals surface area contributed by atoms with Crippen LogP contribution < -0.4 is 10.6 Å². The van der Waals surface area contributed by atoms with Crippen LogP contribution in [-0.4, -0.2) is 28.0 Å². The molecule has 0 amide bonds. The summed E-state index contributed by atoms with van der Waals surface area (Å²) in [7, 11) is 0. The number of hydrogen-bond acceptors (Lipinski definition) is 5. The molecule has 1 aliphatic heterocycles. The molecule has 3 aromatic rings. The van der Waals surface area contributed by atoms with E-state index in [1.807, 2.05) is 18.3 Å². The molecule has 5 rings (SSSR count). The van der Waals surface area contributed by atoms with Crippen LogP contribution in [0.1, 0.15) is 34.8 Å². The van der Waals surface area contributed by atoms with Crippen molar-refractivity contribution in [1.82, 2.24) is 20.3 Å². The van der Waals surface area contributed by atoms with Crippen molar-refractivity contribution in [1.29, 1.82) is 0 Å². The summed E-state index contributed by atoms with van der Waals surface area (Å²) < 4.78 is 0. The molecule has 27 heavy (non-hydrogen) atoms. The highest BCUT2D eigenvalue weighted by Gasteiger charge is 2.25. The molecule has 136 valence electrons. The fourth-order valence-electron chi connectivity index (χ4n) is 4.16. The van der Waals surface area contributed by atoms with Gasteiger partial charge in [0.2, 0.25) is 0 Å². The summed E-state index contributed by atoms with van der Waals surface area (Å²) in [6, 6.07) is 13.0. The first-order valence-electron chi connectivity index (χ1n) is 9.74. The van der Waals surface area contributed by atoms with Crippen molar-refractivity contribution >= 4 is 5.82 Å². The number of fused-ring (bicyclic) bond motifs is 2. The Morgan fingerprint density at radius 3 is 2.81 bits per heavy atom. The normalized spacial score (nSPS) is 18.4. The maximum absolute atomic E-state index is 4.94. The van der Waals surface area contributed by atoms with Crippen molar-refractivity contribution in [2.24, 2.45) is 0 Å². The van der Waals surface area contributed by atoms with Crippen molar-refractivity contribution in [3.8, 4) is 11.4 Å². The number of hydrogen-bond donors (Lipinski definition) is 2. The van der Waals surface area contributed by atoms with Crippen LogP contribution in [0.2, 0.25) is 0 Å². The molecule has 1 atom stereocenters. The van der Waals surface area contributed by atoms with E-state index < -0.39 is 0 Å². The summed E-state index contributed by atoms with van der Waals surface area (Å²) >= 11 is 0. The van der Waals surface area contributed by atoms with Crippen LogP contribution in [0.5, 0.6) is 0 Å². The van der Waals surface area contributed by atoms with Crippen LogP contribution in [0.4, 0.5) is 5.82 Å². The molecule has 0 saturated carbocycles. The highest BCUT2D eigenvalue weighted by molar-refractivity contribution is 5.60. The predicted octanol–water partition coefficient (Wildman–Crippen LogP) is 3.33. The summed E-state index contributed by atoms with van der Waals surface area (Å²) in [5, 5.41) is 7.25. The van der Waals surface area contributed by atoms with Crippen LogP contribution >= 0.6 is 0 Å². The summed E-state index contributed by atoms with van der Waals surface area (Å²) in [6.07, 6.45) is 7.74. The molecule has 1 aliphatic carbocycles. The van der Waals surface area contributed by atoms with Crippen LogP contribution in [-0.2, 0) is 19.3 Å². The number of pyridine rings is 1. The van der Waals surface area contributed by atoms with E-state index in [1.54, 1.807) is 6.20 Å². The molecule has 0 bridgehead atoms. The maximum Gasteiger partial charge on any atom is 0.163 e. The number of aromatic nitrogens is 3. The third-order valence-electron chi connectivity index (χ3n) is 5.55. The van der Waals surface area contributed by atoms with Gasteiger partial charge in [-0.1, -0.05) is 24.3 Å². The third kappa shape index (κ3) is 3.19. The molecular weight excluding hydrogens is 334 g/mol. The molecule has 1 aromatic carbocycles. The first kappa shape index (κ1) is 16.4. The van der Waals surface area contributed by atoms with Gasteiger partial charge >= 0.3 is 0 Å². The minimum atomic E-state index is 0.318. The molecule has 2 aliphatic rings. The Morgan fingerprint density at radius 2 is 1.89 bits per heavy atom. The average Bonchev–Trinajstić information content (AvgIpc) is 2.96. The van der Waals surface area contributed by atoms with Crippen molar-refractivity contribution in [2.45, 2.75) is 31.7 Å². The molecule has 0 saturated heterocycles. The van der Waals surface area contributed by atoms with Crippen molar-refractivity contribution in [2.75, 3.05) is 18.4 Å². The van der Waals surface area contributed by atoms with E-state index in [2.05, 4.69) is 39.9 Å². The van der Waals surface area contributed by atoms with E-state index in [0.717, 1.165) is 61.7 Å². The molecule has 0 spiro atoms. The summed E-state index contributed by atoms with van der Waals surface area (Å²) in [5.41, 5.74) is 6.23. The fourth-order valence-corrected chi connectivity index (χ4v) is 4.16. The van der Waals surface area contributed by atoms with E-state index in [4.69, 9.17) is 9.97 Å².